The zero-order chi connectivity index (χ0) is 33.9. The van der Waals surface area contributed by atoms with E-state index in [2.05, 4.69) is 20.0 Å². The van der Waals surface area contributed by atoms with Crippen molar-refractivity contribution in [1.29, 1.82) is 0 Å². The topological polar surface area (TPSA) is 112 Å². The maximum atomic E-state index is 18.5. The highest BCUT2D eigenvalue weighted by molar-refractivity contribution is 7.94. The van der Waals surface area contributed by atoms with E-state index >= 15 is 4.39 Å². The van der Waals surface area contributed by atoms with Crippen molar-refractivity contribution in [2.45, 2.75) is 30.8 Å². The third-order valence-corrected chi connectivity index (χ3v) is 8.84. The van der Waals surface area contributed by atoms with E-state index < -0.39 is 67.6 Å². The molecule has 0 bridgehead atoms. The molecule has 2 aromatic heterocycles. The van der Waals surface area contributed by atoms with E-state index in [-0.39, 0.29) is 22.4 Å². The van der Waals surface area contributed by atoms with Crippen molar-refractivity contribution in [3.8, 4) is 17.0 Å². The van der Waals surface area contributed by atoms with E-state index in [1.165, 1.54) is 12.1 Å². The number of aryl methyl sites for hydroxylation is 1. The number of aliphatic hydroxyl groups excluding tert-OH is 1. The molecule has 5 rings (SSSR count). The molecule has 0 amide bonds. The summed E-state index contributed by atoms with van der Waals surface area (Å²) >= 11 is 6.21. The average molecular weight is 692 g/mol. The van der Waals surface area contributed by atoms with Crippen molar-refractivity contribution in [1.82, 2.24) is 24.5 Å². The van der Waals surface area contributed by atoms with Crippen LogP contribution >= 0.6 is 11.6 Å². The number of benzene rings is 2. The molecule has 2 unspecified atom stereocenters. The number of ether oxygens (including phenoxy) is 1. The minimum Gasteiger partial charge on any atom is -0.406 e. The maximum absolute atomic E-state index is 18.5. The largest absolute Gasteiger partial charge is 0.573 e. The minimum atomic E-state index is -5.17. The Kier molecular flexibility index (Phi) is 8.10. The lowest BCUT2D eigenvalue weighted by Gasteiger charge is -2.47. The van der Waals surface area contributed by atoms with Gasteiger partial charge >= 0.3 is 12.5 Å². The molecule has 1 aliphatic rings. The Balaban J connectivity index is 1.87. The van der Waals surface area contributed by atoms with Gasteiger partial charge in [-0.2, -0.15) is 13.2 Å². The zero-order valence-corrected chi connectivity index (χ0v) is 25.0. The highest BCUT2D eigenvalue weighted by Crippen LogP contribution is 2.54. The number of alkyl halides is 7. The van der Waals surface area contributed by atoms with E-state index in [1.54, 1.807) is 18.2 Å². The molecule has 18 heteroatoms. The Morgan fingerprint density at radius 2 is 1.63 bits per heavy atom. The summed E-state index contributed by atoms with van der Waals surface area (Å²) in [5, 5.41) is 17.3. The quantitative estimate of drug-likeness (QED) is 0.235. The summed E-state index contributed by atoms with van der Waals surface area (Å²) in [5.74, 6) is -4.68. The predicted molar refractivity (Wildman–Crippen MR) is 151 cm³/mol. The second kappa shape index (κ2) is 11.2. The summed E-state index contributed by atoms with van der Waals surface area (Å²) in [6, 6.07) is 11.8. The summed E-state index contributed by atoms with van der Waals surface area (Å²) in [4.78, 5) is 2.55. The summed E-state index contributed by atoms with van der Waals surface area (Å²) < 4.78 is 130. The predicted octanol–water partition coefficient (Wildman–Crippen LogP) is 6.06. The molecule has 9 nitrogen and oxygen atoms in total. The normalized spacial score (nSPS) is 20.8. The number of aliphatic hydroxyl groups is 1. The Morgan fingerprint density at radius 3 is 2.15 bits per heavy atom. The third-order valence-electron chi connectivity index (χ3n) is 7.24. The molecule has 244 valence electrons. The van der Waals surface area contributed by atoms with Gasteiger partial charge in [-0.05, 0) is 54.5 Å². The van der Waals surface area contributed by atoms with Gasteiger partial charge in [0.25, 0.3) is 5.79 Å². The highest BCUT2D eigenvalue weighted by atomic mass is 35.5. The Labute approximate surface area is 261 Å². The fraction of sp³-hybridized carbons (Fsp3) is 0.250. The minimum absolute atomic E-state index is 0.0158. The average Bonchev–Trinajstić information content (AvgIpc) is 3.57. The molecular weight excluding hydrogens is 671 g/mol. The van der Waals surface area contributed by atoms with Gasteiger partial charge in [-0.3, -0.25) is 4.57 Å². The molecule has 2 aromatic carbocycles. The lowest BCUT2D eigenvalue weighted by molar-refractivity contribution is -0.274. The first-order valence-corrected chi connectivity index (χ1v) is 15.2. The van der Waals surface area contributed by atoms with E-state index in [0.29, 0.717) is 15.5 Å². The van der Waals surface area contributed by atoms with Gasteiger partial charge in [-0.15, -0.1) is 18.3 Å². The van der Waals surface area contributed by atoms with Gasteiger partial charge in [0.05, 0.1) is 23.4 Å². The molecule has 0 spiro atoms. The number of hydrogen-bond acceptors (Lipinski definition) is 7. The fourth-order valence-corrected chi connectivity index (χ4v) is 7.07. The first-order valence-electron chi connectivity index (χ1n) is 12.9. The van der Waals surface area contributed by atoms with Gasteiger partial charge in [-0.1, -0.05) is 47.1 Å². The number of aromatic nitrogens is 5. The van der Waals surface area contributed by atoms with Crippen molar-refractivity contribution in [3.63, 3.8) is 0 Å². The summed E-state index contributed by atoms with van der Waals surface area (Å²) in [7, 11) is -4.61. The van der Waals surface area contributed by atoms with Crippen LogP contribution in [0.3, 0.4) is 0 Å². The molecule has 0 aliphatic heterocycles. The summed E-state index contributed by atoms with van der Waals surface area (Å²) in [5.41, 5.74) is -4.80. The van der Waals surface area contributed by atoms with Crippen LogP contribution in [-0.4, -0.2) is 57.3 Å². The van der Waals surface area contributed by atoms with Crippen LogP contribution in [0.1, 0.15) is 17.1 Å². The van der Waals surface area contributed by atoms with Crippen LogP contribution in [-0.2, 0) is 27.3 Å². The van der Waals surface area contributed by atoms with Crippen LogP contribution in [0.25, 0.3) is 16.8 Å². The summed E-state index contributed by atoms with van der Waals surface area (Å²) in [6.07, 6.45) is -6.68. The second-order valence-corrected chi connectivity index (χ2v) is 12.5. The Bertz CT molecular complexity index is 1960. The van der Waals surface area contributed by atoms with Crippen LogP contribution in [0, 0.1) is 6.92 Å². The van der Waals surface area contributed by atoms with E-state index in [0.717, 1.165) is 49.5 Å². The molecule has 2 atom stereocenters. The fourth-order valence-electron chi connectivity index (χ4n) is 5.40. The monoisotopic (exact) mass is 691 g/mol. The number of allylic oxidation sites excluding steroid dienone is 3. The maximum Gasteiger partial charge on any atom is 0.573 e. The van der Waals surface area contributed by atoms with Crippen molar-refractivity contribution in [3.05, 3.63) is 100 Å². The van der Waals surface area contributed by atoms with Crippen LogP contribution in [0.15, 0.2) is 77.9 Å². The second-order valence-electron chi connectivity index (χ2n) is 10.2. The molecule has 2 heterocycles. The van der Waals surface area contributed by atoms with Crippen molar-refractivity contribution >= 4 is 27.0 Å². The van der Waals surface area contributed by atoms with Gasteiger partial charge in [0.2, 0.25) is 0 Å². The molecule has 0 radical (unpaired) electrons. The van der Waals surface area contributed by atoms with Crippen LogP contribution in [0.5, 0.6) is 5.75 Å². The standard InChI is InChI=1S/C28H21ClF7N5O4S/c1-16-38-23(27(31,32)33)24(29)40(16)25(15-42)22(46(2,43)44)12-19(17-6-4-3-5-7-17)13-26(25,30)41-21(14-37-39-41)18-8-10-20(11-9-18)45-28(34,35)36/h3-14,42H,15H2,1-2H3. The lowest BCUT2D eigenvalue weighted by Crippen LogP contribution is -2.60. The lowest BCUT2D eigenvalue weighted by atomic mass is 9.79. The number of halogens is 8. The van der Waals surface area contributed by atoms with Crippen molar-refractivity contribution in [2.75, 3.05) is 12.9 Å². The molecule has 1 N–H and O–H groups in total. The molecule has 1 aliphatic carbocycles. The number of sulfone groups is 1. The molecular formula is C28H21ClF7N5O4S. The molecule has 46 heavy (non-hydrogen) atoms. The number of rotatable bonds is 7. The zero-order valence-electron chi connectivity index (χ0n) is 23.5. The van der Waals surface area contributed by atoms with Crippen molar-refractivity contribution < 1.29 is 49.0 Å². The first kappa shape index (κ1) is 33.2. The SMILES string of the molecule is Cc1nc(C(F)(F)F)c(Cl)n1C1(CO)C(S(C)(=O)=O)=CC(c2ccccc2)=CC1(F)n1nncc1-c1ccc(OC(F)(F)F)cc1. The van der Waals surface area contributed by atoms with Crippen LogP contribution < -0.4 is 4.74 Å². The molecule has 4 aromatic rings. The first-order chi connectivity index (χ1) is 21.3. The van der Waals surface area contributed by atoms with Gasteiger partial charge in [0.15, 0.2) is 21.1 Å². The van der Waals surface area contributed by atoms with E-state index in [1.807, 2.05) is 0 Å². The van der Waals surface area contributed by atoms with Gasteiger partial charge < -0.3 is 9.84 Å². The third kappa shape index (κ3) is 5.55. The summed E-state index contributed by atoms with van der Waals surface area (Å²) in [6.45, 7) is -0.496. The molecule has 0 fully saturated rings. The van der Waals surface area contributed by atoms with Crippen LogP contribution in [0.2, 0.25) is 5.15 Å². The highest BCUT2D eigenvalue weighted by Gasteiger charge is 2.64. The molecule has 0 saturated heterocycles. The van der Waals surface area contributed by atoms with Gasteiger partial charge in [-0.25, -0.2) is 22.5 Å². The number of imidazole rings is 1. The number of hydrogen-bond donors (Lipinski definition) is 1. The smallest absolute Gasteiger partial charge is 0.406 e. The number of nitrogens with zero attached hydrogens (tertiary/aromatic N) is 5. The van der Waals surface area contributed by atoms with Crippen molar-refractivity contribution in [2.24, 2.45) is 0 Å². The van der Waals surface area contributed by atoms with Crippen LogP contribution in [0.4, 0.5) is 30.7 Å². The van der Waals surface area contributed by atoms with E-state index in [4.69, 9.17) is 11.6 Å². The Hall–Kier alpha value is -4.22. The van der Waals surface area contributed by atoms with Gasteiger partial charge in [0, 0.05) is 11.8 Å². The van der Waals surface area contributed by atoms with E-state index in [9.17, 15) is 39.9 Å². The molecule has 0 saturated carbocycles. The van der Waals surface area contributed by atoms with Gasteiger partial charge in [0.1, 0.15) is 16.7 Å². The Morgan fingerprint density at radius 1 is 1.00 bits per heavy atom.